The van der Waals surface area contributed by atoms with E-state index in [4.69, 9.17) is 4.74 Å². The smallest absolute Gasteiger partial charge is 0.328 e. The molecule has 0 saturated heterocycles. The third-order valence-corrected chi connectivity index (χ3v) is 3.12. The van der Waals surface area contributed by atoms with Crippen molar-refractivity contribution in [3.63, 3.8) is 0 Å². The Kier molecular flexibility index (Phi) is 9.21. The molecule has 0 saturated carbocycles. The number of hydrogen-bond acceptors (Lipinski definition) is 4. The Labute approximate surface area is 116 Å². The molecule has 0 radical (unpaired) electrons. The van der Waals surface area contributed by atoms with Crippen LogP contribution in [0, 0.1) is 5.92 Å². The maximum Gasteiger partial charge on any atom is 0.328 e. The molecular formula is C14H28N2O3. The minimum absolute atomic E-state index is 0.0742. The van der Waals surface area contributed by atoms with Crippen molar-refractivity contribution in [2.24, 2.45) is 5.92 Å². The van der Waals surface area contributed by atoms with E-state index in [0.717, 1.165) is 19.4 Å². The average Bonchev–Trinajstić information content (AvgIpc) is 2.39. The van der Waals surface area contributed by atoms with Crippen LogP contribution in [0.3, 0.4) is 0 Å². The molecule has 2 atom stereocenters. The Balaban J connectivity index is 4.13. The molecule has 112 valence electrons. The van der Waals surface area contributed by atoms with E-state index >= 15 is 0 Å². The SMILES string of the molecule is CCC(C)C(NC(=O)CCCNC(C)C)C(=O)OC. The number of amides is 1. The zero-order valence-corrected chi connectivity index (χ0v) is 12.8. The largest absolute Gasteiger partial charge is 0.467 e. The van der Waals surface area contributed by atoms with Gasteiger partial charge in [-0.2, -0.15) is 0 Å². The highest BCUT2D eigenvalue weighted by Crippen LogP contribution is 2.09. The first kappa shape index (κ1) is 17.9. The van der Waals surface area contributed by atoms with Gasteiger partial charge in [-0.1, -0.05) is 34.1 Å². The molecule has 0 spiro atoms. The molecule has 2 N–H and O–H groups in total. The zero-order valence-electron chi connectivity index (χ0n) is 12.8. The van der Waals surface area contributed by atoms with Crippen molar-refractivity contribution >= 4 is 11.9 Å². The molecular weight excluding hydrogens is 244 g/mol. The van der Waals surface area contributed by atoms with Gasteiger partial charge in [0.25, 0.3) is 0 Å². The first-order chi connectivity index (χ1) is 8.92. The molecule has 5 heteroatoms. The Hall–Kier alpha value is -1.10. The Bertz CT molecular complexity index is 280. The molecule has 0 rings (SSSR count). The van der Waals surface area contributed by atoms with E-state index in [-0.39, 0.29) is 17.8 Å². The lowest BCUT2D eigenvalue weighted by Crippen LogP contribution is -2.45. The van der Waals surface area contributed by atoms with E-state index in [1.54, 1.807) is 0 Å². The number of carbonyl (C=O) groups excluding carboxylic acids is 2. The summed E-state index contributed by atoms with van der Waals surface area (Å²) in [6, 6.07) is -0.119. The van der Waals surface area contributed by atoms with Crippen molar-refractivity contribution in [2.75, 3.05) is 13.7 Å². The number of hydrogen-bond donors (Lipinski definition) is 2. The van der Waals surface area contributed by atoms with Crippen LogP contribution in [-0.4, -0.2) is 37.6 Å². The summed E-state index contributed by atoms with van der Waals surface area (Å²) in [5.74, 6) is -0.394. The van der Waals surface area contributed by atoms with Crippen LogP contribution >= 0.6 is 0 Å². The van der Waals surface area contributed by atoms with Gasteiger partial charge in [0.2, 0.25) is 5.91 Å². The van der Waals surface area contributed by atoms with Crippen LogP contribution in [0.1, 0.15) is 47.0 Å². The van der Waals surface area contributed by atoms with Crippen molar-refractivity contribution in [3.05, 3.63) is 0 Å². The summed E-state index contributed by atoms with van der Waals surface area (Å²) in [6.07, 6.45) is 2.00. The molecule has 2 unspecified atom stereocenters. The van der Waals surface area contributed by atoms with Gasteiger partial charge in [-0.25, -0.2) is 4.79 Å². The lowest BCUT2D eigenvalue weighted by molar-refractivity contribution is -0.146. The number of ether oxygens (including phenoxy) is 1. The van der Waals surface area contributed by atoms with Gasteiger partial charge in [0.05, 0.1) is 7.11 Å². The van der Waals surface area contributed by atoms with Crippen LogP contribution in [0.15, 0.2) is 0 Å². The second kappa shape index (κ2) is 9.78. The average molecular weight is 272 g/mol. The molecule has 0 aromatic carbocycles. The van der Waals surface area contributed by atoms with Crippen LogP contribution in [0.5, 0.6) is 0 Å². The molecule has 0 fully saturated rings. The number of nitrogens with one attached hydrogen (secondary N) is 2. The molecule has 0 bridgehead atoms. The van der Waals surface area contributed by atoms with Crippen molar-refractivity contribution in [1.29, 1.82) is 0 Å². The van der Waals surface area contributed by atoms with Gasteiger partial charge in [0.1, 0.15) is 6.04 Å². The van der Waals surface area contributed by atoms with Crippen LogP contribution < -0.4 is 10.6 Å². The van der Waals surface area contributed by atoms with Gasteiger partial charge >= 0.3 is 5.97 Å². The van der Waals surface area contributed by atoms with Gasteiger partial charge in [-0.05, 0) is 18.9 Å². The van der Waals surface area contributed by atoms with E-state index < -0.39 is 6.04 Å². The number of esters is 1. The van der Waals surface area contributed by atoms with Crippen molar-refractivity contribution in [2.45, 2.75) is 59.0 Å². The molecule has 0 aliphatic rings. The first-order valence-corrected chi connectivity index (χ1v) is 7.02. The monoisotopic (exact) mass is 272 g/mol. The zero-order chi connectivity index (χ0) is 14.8. The summed E-state index contributed by atoms with van der Waals surface area (Å²) in [7, 11) is 1.34. The van der Waals surface area contributed by atoms with Gasteiger partial charge < -0.3 is 15.4 Å². The minimum Gasteiger partial charge on any atom is -0.467 e. The molecule has 0 aromatic heterocycles. The molecule has 5 nitrogen and oxygen atoms in total. The third-order valence-electron chi connectivity index (χ3n) is 3.12. The maximum absolute atomic E-state index is 11.8. The van der Waals surface area contributed by atoms with Gasteiger partial charge in [0.15, 0.2) is 0 Å². The maximum atomic E-state index is 11.8. The topological polar surface area (TPSA) is 67.4 Å². The van der Waals surface area contributed by atoms with E-state index in [9.17, 15) is 9.59 Å². The summed E-state index contributed by atoms with van der Waals surface area (Å²) in [5, 5.41) is 6.02. The Morgan fingerprint density at radius 3 is 2.32 bits per heavy atom. The fraction of sp³-hybridized carbons (Fsp3) is 0.857. The highest BCUT2D eigenvalue weighted by molar-refractivity contribution is 5.84. The lowest BCUT2D eigenvalue weighted by Gasteiger charge is -2.21. The number of rotatable bonds is 9. The molecule has 19 heavy (non-hydrogen) atoms. The quantitative estimate of drug-likeness (QED) is 0.493. The number of carbonyl (C=O) groups is 2. The van der Waals surface area contributed by atoms with E-state index in [2.05, 4.69) is 24.5 Å². The fourth-order valence-electron chi connectivity index (χ4n) is 1.68. The fourth-order valence-corrected chi connectivity index (χ4v) is 1.68. The van der Waals surface area contributed by atoms with Crippen LogP contribution in [0.25, 0.3) is 0 Å². The predicted molar refractivity (Wildman–Crippen MR) is 75.8 cm³/mol. The summed E-state index contributed by atoms with van der Waals surface area (Å²) < 4.78 is 4.73. The van der Waals surface area contributed by atoms with Crippen molar-refractivity contribution in [1.82, 2.24) is 10.6 Å². The normalized spacial score (nSPS) is 14.0. The summed E-state index contributed by atoms with van der Waals surface area (Å²) in [4.78, 5) is 23.4. The Morgan fingerprint density at radius 2 is 1.84 bits per heavy atom. The Morgan fingerprint density at radius 1 is 1.21 bits per heavy atom. The predicted octanol–water partition coefficient (Wildman–Crippen LogP) is 1.47. The van der Waals surface area contributed by atoms with Gasteiger partial charge in [-0.15, -0.1) is 0 Å². The third kappa shape index (κ3) is 7.82. The molecule has 0 aromatic rings. The van der Waals surface area contributed by atoms with Gasteiger partial charge in [0, 0.05) is 12.5 Å². The van der Waals surface area contributed by atoms with E-state index in [1.165, 1.54) is 7.11 Å². The highest BCUT2D eigenvalue weighted by Gasteiger charge is 2.26. The number of methoxy groups -OCH3 is 1. The van der Waals surface area contributed by atoms with Crippen LogP contribution in [0.4, 0.5) is 0 Å². The lowest BCUT2D eigenvalue weighted by atomic mass is 9.99. The van der Waals surface area contributed by atoms with E-state index in [1.807, 2.05) is 13.8 Å². The summed E-state index contributed by atoms with van der Waals surface area (Å²) in [6.45, 7) is 8.85. The first-order valence-electron chi connectivity index (χ1n) is 7.02. The second-order valence-corrected chi connectivity index (χ2v) is 5.17. The van der Waals surface area contributed by atoms with Gasteiger partial charge in [-0.3, -0.25) is 4.79 Å². The minimum atomic E-state index is -0.541. The highest BCUT2D eigenvalue weighted by atomic mass is 16.5. The van der Waals surface area contributed by atoms with Crippen LogP contribution in [-0.2, 0) is 14.3 Å². The second-order valence-electron chi connectivity index (χ2n) is 5.17. The van der Waals surface area contributed by atoms with Crippen LogP contribution in [0.2, 0.25) is 0 Å². The van der Waals surface area contributed by atoms with E-state index in [0.29, 0.717) is 12.5 Å². The standard InChI is InChI=1S/C14H28N2O3/c1-6-11(4)13(14(18)19-5)16-12(17)8-7-9-15-10(2)3/h10-11,13,15H,6-9H2,1-5H3,(H,16,17). The molecule has 0 aliphatic heterocycles. The summed E-state index contributed by atoms with van der Waals surface area (Å²) >= 11 is 0. The van der Waals surface area contributed by atoms with Crippen molar-refractivity contribution in [3.8, 4) is 0 Å². The molecule has 1 amide bonds. The molecule has 0 heterocycles. The summed E-state index contributed by atoms with van der Waals surface area (Å²) in [5.41, 5.74) is 0. The van der Waals surface area contributed by atoms with Crippen molar-refractivity contribution < 1.29 is 14.3 Å². The molecule has 0 aliphatic carbocycles.